The van der Waals surface area contributed by atoms with Crippen molar-refractivity contribution >= 4 is 0 Å². The van der Waals surface area contributed by atoms with Gasteiger partial charge in [-0.2, -0.15) is 5.26 Å². The van der Waals surface area contributed by atoms with Crippen molar-refractivity contribution in [3.8, 4) is 11.9 Å². The van der Waals surface area contributed by atoms with E-state index >= 15 is 0 Å². The zero-order valence-electron chi connectivity index (χ0n) is 10.8. The summed E-state index contributed by atoms with van der Waals surface area (Å²) in [7, 11) is 1.61. The van der Waals surface area contributed by atoms with Gasteiger partial charge in [0.2, 0.25) is 5.88 Å². The Labute approximate surface area is 112 Å². The molecule has 0 radical (unpaired) electrons. The molecule has 4 nitrogen and oxygen atoms in total. The topological polar surface area (TPSA) is 57.9 Å². The Morgan fingerprint density at radius 1 is 1.26 bits per heavy atom. The van der Waals surface area contributed by atoms with Crippen molar-refractivity contribution in [3.63, 3.8) is 0 Å². The quantitative estimate of drug-likeness (QED) is 0.888. The van der Waals surface area contributed by atoms with Gasteiger partial charge in [0.25, 0.3) is 0 Å². The fourth-order valence-corrected chi connectivity index (χ4v) is 1.83. The lowest BCUT2D eigenvalue weighted by atomic mass is 10.1. The second kappa shape index (κ2) is 6.53. The summed E-state index contributed by atoms with van der Waals surface area (Å²) in [6.07, 6.45) is 1.71. The monoisotopic (exact) mass is 253 g/mol. The lowest BCUT2D eigenvalue weighted by Crippen LogP contribution is -2.13. The van der Waals surface area contributed by atoms with Crippen LogP contribution >= 0.6 is 0 Å². The number of nitrogens with zero attached hydrogens (tertiary/aromatic N) is 2. The van der Waals surface area contributed by atoms with Crippen LogP contribution in [0.15, 0.2) is 42.6 Å². The van der Waals surface area contributed by atoms with Gasteiger partial charge in [0, 0.05) is 24.8 Å². The minimum Gasteiger partial charge on any atom is -0.481 e. The Morgan fingerprint density at radius 2 is 2.16 bits per heavy atom. The van der Waals surface area contributed by atoms with Crippen LogP contribution in [0.5, 0.6) is 5.88 Å². The van der Waals surface area contributed by atoms with E-state index < -0.39 is 0 Å². The average molecular weight is 253 g/mol. The number of aromatic nitrogens is 1. The molecule has 0 saturated carbocycles. The molecule has 0 saturated heterocycles. The number of hydrogen-bond donors (Lipinski definition) is 1. The minimum absolute atomic E-state index is 0.640. The van der Waals surface area contributed by atoms with Crippen molar-refractivity contribution in [2.45, 2.75) is 13.1 Å². The fourth-order valence-electron chi connectivity index (χ4n) is 1.83. The third-order valence-electron chi connectivity index (χ3n) is 2.74. The molecule has 0 aliphatic rings. The highest BCUT2D eigenvalue weighted by atomic mass is 16.5. The van der Waals surface area contributed by atoms with Gasteiger partial charge < -0.3 is 10.1 Å². The van der Waals surface area contributed by atoms with Gasteiger partial charge in [-0.3, -0.25) is 0 Å². The first kappa shape index (κ1) is 13.1. The van der Waals surface area contributed by atoms with Crippen molar-refractivity contribution in [2.24, 2.45) is 0 Å². The number of nitrogens with one attached hydrogen (secondary N) is 1. The molecule has 1 aromatic carbocycles. The fraction of sp³-hybridized carbons (Fsp3) is 0.200. The molecule has 0 aliphatic heterocycles. The normalized spacial score (nSPS) is 9.89. The molecule has 4 heteroatoms. The number of rotatable bonds is 5. The van der Waals surface area contributed by atoms with Gasteiger partial charge >= 0.3 is 0 Å². The zero-order valence-corrected chi connectivity index (χ0v) is 10.8. The van der Waals surface area contributed by atoms with Crippen LogP contribution < -0.4 is 10.1 Å². The third kappa shape index (κ3) is 3.54. The van der Waals surface area contributed by atoms with E-state index in [1.807, 2.05) is 30.3 Å². The number of pyridine rings is 1. The van der Waals surface area contributed by atoms with E-state index in [-0.39, 0.29) is 0 Å². The van der Waals surface area contributed by atoms with Gasteiger partial charge in [0.15, 0.2) is 0 Å². The average Bonchev–Trinajstić information content (AvgIpc) is 2.48. The van der Waals surface area contributed by atoms with Crippen molar-refractivity contribution in [3.05, 3.63) is 59.3 Å². The smallest absolute Gasteiger partial charge is 0.217 e. The summed E-state index contributed by atoms with van der Waals surface area (Å²) in [5, 5.41) is 12.2. The van der Waals surface area contributed by atoms with Crippen LogP contribution in [0.4, 0.5) is 0 Å². The van der Waals surface area contributed by atoms with Crippen LogP contribution in [0.1, 0.15) is 16.7 Å². The molecular weight excluding hydrogens is 238 g/mol. The molecule has 0 aliphatic carbocycles. The molecule has 1 N–H and O–H groups in total. The third-order valence-corrected chi connectivity index (χ3v) is 2.74. The number of nitriles is 1. The van der Waals surface area contributed by atoms with Crippen LogP contribution in [0.2, 0.25) is 0 Å². The van der Waals surface area contributed by atoms with E-state index in [2.05, 4.69) is 16.4 Å². The maximum absolute atomic E-state index is 8.84. The van der Waals surface area contributed by atoms with E-state index in [4.69, 9.17) is 10.00 Å². The molecule has 0 unspecified atom stereocenters. The lowest BCUT2D eigenvalue weighted by molar-refractivity contribution is 0.390. The predicted octanol–water partition coefficient (Wildman–Crippen LogP) is 2.25. The first-order chi connectivity index (χ1) is 9.33. The van der Waals surface area contributed by atoms with Gasteiger partial charge in [0.05, 0.1) is 18.7 Å². The van der Waals surface area contributed by atoms with E-state index in [1.165, 1.54) is 0 Å². The highest BCUT2D eigenvalue weighted by Gasteiger charge is 2.02. The molecule has 0 bridgehead atoms. The van der Waals surface area contributed by atoms with Gasteiger partial charge in [-0.15, -0.1) is 0 Å². The van der Waals surface area contributed by atoms with Crippen LogP contribution in [0, 0.1) is 11.3 Å². The summed E-state index contributed by atoms with van der Waals surface area (Å²) in [5.41, 5.74) is 2.78. The summed E-state index contributed by atoms with van der Waals surface area (Å²) in [6, 6.07) is 13.6. The van der Waals surface area contributed by atoms with Crippen molar-refractivity contribution in [1.82, 2.24) is 10.3 Å². The summed E-state index contributed by atoms with van der Waals surface area (Å²) >= 11 is 0. The molecule has 0 fully saturated rings. The summed E-state index contributed by atoms with van der Waals surface area (Å²) in [5.74, 6) is 0.640. The standard InChI is InChI=1S/C15H15N3O/c1-19-15-14(6-3-7-18-15)11-17-10-13-5-2-4-12(8-13)9-16/h2-8,17H,10-11H2,1H3. The Morgan fingerprint density at radius 3 is 2.95 bits per heavy atom. The highest BCUT2D eigenvalue weighted by Crippen LogP contribution is 2.13. The molecule has 1 heterocycles. The van der Waals surface area contributed by atoms with E-state index in [0.29, 0.717) is 24.5 Å². The number of benzene rings is 1. The second-order valence-corrected chi connectivity index (χ2v) is 4.09. The predicted molar refractivity (Wildman–Crippen MR) is 72.5 cm³/mol. The maximum Gasteiger partial charge on any atom is 0.217 e. The molecule has 19 heavy (non-hydrogen) atoms. The van der Waals surface area contributed by atoms with Crippen molar-refractivity contribution in [2.75, 3.05) is 7.11 Å². The van der Waals surface area contributed by atoms with Gasteiger partial charge in [0.1, 0.15) is 0 Å². The molecule has 1 aromatic heterocycles. The molecule has 2 aromatic rings. The molecular formula is C15H15N3O. The zero-order chi connectivity index (χ0) is 13.5. The number of ether oxygens (including phenoxy) is 1. The molecule has 0 spiro atoms. The van der Waals surface area contributed by atoms with Gasteiger partial charge in [-0.25, -0.2) is 4.98 Å². The van der Waals surface area contributed by atoms with Crippen LogP contribution in [-0.2, 0) is 13.1 Å². The summed E-state index contributed by atoms with van der Waals surface area (Å²) in [4.78, 5) is 4.14. The SMILES string of the molecule is COc1ncccc1CNCc1cccc(C#N)c1. The van der Waals surface area contributed by atoms with Crippen LogP contribution in [-0.4, -0.2) is 12.1 Å². The highest BCUT2D eigenvalue weighted by molar-refractivity contribution is 5.32. The Hall–Kier alpha value is -2.38. The number of methoxy groups -OCH3 is 1. The first-order valence-electron chi connectivity index (χ1n) is 6.01. The Kier molecular flexibility index (Phi) is 4.49. The van der Waals surface area contributed by atoms with Crippen LogP contribution in [0.25, 0.3) is 0 Å². The second-order valence-electron chi connectivity index (χ2n) is 4.09. The van der Waals surface area contributed by atoms with E-state index in [1.54, 1.807) is 19.4 Å². The molecule has 96 valence electrons. The number of hydrogen-bond acceptors (Lipinski definition) is 4. The summed E-state index contributed by atoms with van der Waals surface area (Å²) < 4.78 is 5.19. The van der Waals surface area contributed by atoms with Gasteiger partial charge in [-0.05, 0) is 23.8 Å². The van der Waals surface area contributed by atoms with Crippen molar-refractivity contribution < 1.29 is 4.74 Å². The minimum atomic E-state index is 0.640. The van der Waals surface area contributed by atoms with Gasteiger partial charge in [-0.1, -0.05) is 18.2 Å². The molecule has 0 atom stereocenters. The molecule has 0 amide bonds. The Bertz CT molecular complexity index is 590. The first-order valence-corrected chi connectivity index (χ1v) is 6.01. The van der Waals surface area contributed by atoms with Crippen molar-refractivity contribution in [1.29, 1.82) is 5.26 Å². The van der Waals surface area contributed by atoms with E-state index in [9.17, 15) is 0 Å². The lowest BCUT2D eigenvalue weighted by Gasteiger charge is -2.08. The Balaban J connectivity index is 1.94. The summed E-state index contributed by atoms with van der Waals surface area (Å²) in [6.45, 7) is 1.38. The molecule has 2 rings (SSSR count). The largest absolute Gasteiger partial charge is 0.481 e. The van der Waals surface area contributed by atoms with Crippen LogP contribution in [0.3, 0.4) is 0 Å². The van der Waals surface area contributed by atoms with E-state index in [0.717, 1.165) is 11.1 Å². The maximum atomic E-state index is 8.84.